The number of nitrogens with zero attached hydrogens (tertiary/aromatic N) is 5. The molecule has 288 valence electrons. The van der Waals surface area contributed by atoms with Crippen molar-refractivity contribution in [3.8, 4) is 5.88 Å². The standard InChI is InChI=1S/C28H30FN5O4.C10H19NO2.C2H6/c1-17(2)22-16-30-34-24(15-23(38-29)32-25(22)34)33(27(36)37-28(4,5)6)21-9-7-8-20(14-21)31-26(35)19-12-10-18(3)11-13-19;1-10(2,3)13-9(12)11-7-5-4-6-8-11;1-2/h7-17H,1-6H3,(H,31,35);4-8H2,1-3H3;1-2H3. The molecule has 2 aromatic heterocycles. The molecular formula is C40H55FN6O6. The van der Waals surface area contributed by atoms with Crippen molar-refractivity contribution in [3.63, 3.8) is 0 Å². The molecule has 1 N–H and O–H groups in total. The Hall–Kier alpha value is -5.20. The van der Waals surface area contributed by atoms with E-state index in [4.69, 9.17) is 9.47 Å². The molecular weight excluding hydrogens is 679 g/mol. The van der Waals surface area contributed by atoms with Crippen molar-refractivity contribution < 1.29 is 33.3 Å². The summed E-state index contributed by atoms with van der Waals surface area (Å²) in [7, 11) is 0. The van der Waals surface area contributed by atoms with Crippen molar-refractivity contribution in [2.75, 3.05) is 23.3 Å². The molecule has 0 atom stereocenters. The lowest BCUT2D eigenvalue weighted by molar-refractivity contribution is -0.0116. The van der Waals surface area contributed by atoms with Gasteiger partial charge in [0.1, 0.15) is 11.2 Å². The monoisotopic (exact) mass is 734 g/mol. The van der Waals surface area contributed by atoms with E-state index in [1.54, 1.807) is 68.3 Å². The molecule has 0 unspecified atom stereocenters. The van der Waals surface area contributed by atoms with Crippen LogP contribution in [0.2, 0.25) is 0 Å². The molecule has 1 aliphatic heterocycles. The van der Waals surface area contributed by atoms with E-state index < -0.39 is 11.7 Å². The highest BCUT2D eigenvalue weighted by atomic mass is 19.3. The quantitative estimate of drug-likeness (QED) is 0.207. The number of anilines is 3. The molecule has 1 saturated heterocycles. The van der Waals surface area contributed by atoms with Crippen LogP contribution < -0.4 is 15.2 Å². The fourth-order valence-electron chi connectivity index (χ4n) is 5.22. The van der Waals surface area contributed by atoms with Crippen LogP contribution in [0.3, 0.4) is 0 Å². The van der Waals surface area contributed by atoms with Crippen LogP contribution >= 0.6 is 0 Å². The van der Waals surface area contributed by atoms with Gasteiger partial charge in [-0.1, -0.05) is 51.5 Å². The average Bonchev–Trinajstić information content (AvgIpc) is 3.53. The molecule has 4 aromatic rings. The fourth-order valence-corrected chi connectivity index (χ4v) is 5.22. The maximum Gasteiger partial charge on any atom is 0.420 e. The van der Waals surface area contributed by atoms with Gasteiger partial charge >= 0.3 is 12.2 Å². The van der Waals surface area contributed by atoms with Crippen LogP contribution in [0.4, 0.5) is 31.3 Å². The highest BCUT2D eigenvalue weighted by Crippen LogP contribution is 2.34. The van der Waals surface area contributed by atoms with Crippen LogP contribution in [0.5, 0.6) is 5.88 Å². The van der Waals surface area contributed by atoms with Crippen molar-refractivity contribution in [2.45, 2.75) is 113 Å². The fraction of sp³-hybridized carbons (Fsp3) is 0.475. The van der Waals surface area contributed by atoms with Gasteiger partial charge in [0.05, 0.1) is 11.9 Å². The molecule has 0 bridgehead atoms. The number of hydrogen-bond donors (Lipinski definition) is 1. The Bertz CT molecular complexity index is 1820. The van der Waals surface area contributed by atoms with Crippen LogP contribution in [0.25, 0.3) is 5.65 Å². The third-order valence-electron chi connectivity index (χ3n) is 7.65. The molecule has 0 saturated carbocycles. The normalized spacial score (nSPS) is 12.9. The van der Waals surface area contributed by atoms with Gasteiger partial charge in [0.25, 0.3) is 11.8 Å². The van der Waals surface area contributed by atoms with Gasteiger partial charge in [0.2, 0.25) is 0 Å². The molecule has 0 radical (unpaired) electrons. The smallest absolute Gasteiger partial charge is 0.420 e. The number of likely N-dealkylation sites (tertiary alicyclic amines) is 1. The summed E-state index contributed by atoms with van der Waals surface area (Å²) in [5.74, 6) is -0.477. The summed E-state index contributed by atoms with van der Waals surface area (Å²) < 4.78 is 25.8. The molecule has 0 spiro atoms. The number of nitrogens with one attached hydrogen (secondary N) is 1. The minimum atomic E-state index is -0.828. The summed E-state index contributed by atoms with van der Waals surface area (Å²) in [6, 6.07) is 15.1. The van der Waals surface area contributed by atoms with Crippen LogP contribution in [-0.4, -0.2) is 61.9 Å². The topological polar surface area (TPSA) is 128 Å². The molecule has 12 nitrogen and oxygen atoms in total. The third kappa shape index (κ3) is 12.2. The Morgan fingerprint density at radius 1 is 0.887 bits per heavy atom. The van der Waals surface area contributed by atoms with E-state index in [1.807, 2.05) is 67.5 Å². The molecule has 0 aliphatic carbocycles. The second-order valence-electron chi connectivity index (χ2n) is 14.7. The Labute approximate surface area is 312 Å². The predicted molar refractivity (Wildman–Crippen MR) is 206 cm³/mol. The van der Waals surface area contributed by atoms with Crippen molar-refractivity contribution in [3.05, 3.63) is 77.5 Å². The maximum atomic E-state index is 13.6. The highest BCUT2D eigenvalue weighted by Gasteiger charge is 2.29. The van der Waals surface area contributed by atoms with Gasteiger partial charge in [-0.15, -0.1) is 0 Å². The summed E-state index contributed by atoms with van der Waals surface area (Å²) in [6.45, 7) is 22.5. The van der Waals surface area contributed by atoms with Crippen molar-refractivity contribution in [1.82, 2.24) is 19.5 Å². The second-order valence-corrected chi connectivity index (χ2v) is 14.7. The Morgan fingerprint density at radius 2 is 1.51 bits per heavy atom. The number of fused-ring (bicyclic) bond motifs is 1. The Balaban J connectivity index is 0.000000423. The first-order chi connectivity index (χ1) is 25.0. The number of amides is 3. The first-order valence-electron chi connectivity index (χ1n) is 18.1. The van der Waals surface area contributed by atoms with Gasteiger partial charge in [0, 0.05) is 40.5 Å². The summed E-state index contributed by atoms with van der Waals surface area (Å²) in [5.41, 5.74) is 2.20. The van der Waals surface area contributed by atoms with Crippen LogP contribution in [-0.2, 0) is 9.47 Å². The van der Waals surface area contributed by atoms with Gasteiger partial charge in [-0.25, -0.2) is 14.5 Å². The SMILES string of the molecule is CC.CC(C)(C)OC(=O)N1CCCCC1.Cc1ccc(C(=O)Nc2cccc(N(C(=O)OC(C)(C)C)c3cc(OF)nc4c(C(C)C)cnn34)c2)cc1. The Kier molecular flexibility index (Phi) is 14.8. The molecule has 3 amide bonds. The van der Waals surface area contributed by atoms with Gasteiger partial charge in [0.15, 0.2) is 11.5 Å². The molecule has 1 fully saturated rings. The number of aryl methyl sites for hydroxylation is 1. The number of benzene rings is 2. The Morgan fingerprint density at radius 3 is 2.08 bits per heavy atom. The zero-order valence-corrected chi connectivity index (χ0v) is 32.9. The predicted octanol–water partition coefficient (Wildman–Crippen LogP) is 10.2. The molecule has 13 heteroatoms. The molecule has 3 heterocycles. The van der Waals surface area contributed by atoms with E-state index in [9.17, 15) is 18.9 Å². The number of halogens is 1. The third-order valence-corrected chi connectivity index (χ3v) is 7.65. The minimum Gasteiger partial charge on any atom is -0.444 e. The molecule has 53 heavy (non-hydrogen) atoms. The average molecular weight is 735 g/mol. The number of carbonyl (C=O) groups is 3. The highest BCUT2D eigenvalue weighted by molar-refractivity contribution is 6.05. The number of hydrogen-bond acceptors (Lipinski definition) is 8. The lowest BCUT2D eigenvalue weighted by Gasteiger charge is -2.29. The number of rotatable bonds is 6. The summed E-state index contributed by atoms with van der Waals surface area (Å²) in [4.78, 5) is 49.1. The zero-order valence-electron chi connectivity index (χ0n) is 32.9. The summed E-state index contributed by atoms with van der Waals surface area (Å²) in [6.07, 6.45) is 4.17. The maximum absolute atomic E-state index is 13.6. The van der Waals surface area contributed by atoms with E-state index in [2.05, 4.69) is 20.3 Å². The largest absolute Gasteiger partial charge is 0.444 e. The zero-order chi connectivity index (χ0) is 39.5. The molecule has 2 aromatic carbocycles. The van der Waals surface area contributed by atoms with Gasteiger partial charge < -0.3 is 19.7 Å². The lowest BCUT2D eigenvalue weighted by atomic mass is 10.1. The van der Waals surface area contributed by atoms with Crippen molar-refractivity contribution in [2.24, 2.45) is 0 Å². The number of carbonyl (C=O) groups excluding carboxylic acids is 3. The number of piperidine rings is 1. The van der Waals surface area contributed by atoms with Crippen molar-refractivity contribution >= 4 is 40.9 Å². The van der Waals surface area contributed by atoms with Crippen molar-refractivity contribution in [1.29, 1.82) is 0 Å². The minimum absolute atomic E-state index is 0.0259. The first kappa shape index (κ1) is 42.2. The lowest BCUT2D eigenvalue weighted by Crippen LogP contribution is -2.39. The van der Waals surface area contributed by atoms with Gasteiger partial charge in [-0.3, -0.25) is 9.74 Å². The van der Waals surface area contributed by atoms with Crippen LogP contribution in [0.15, 0.2) is 60.8 Å². The van der Waals surface area contributed by atoms with Crippen LogP contribution in [0, 0.1) is 6.92 Å². The van der Waals surface area contributed by atoms with E-state index in [0.29, 0.717) is 22.6 Å². The van der Waals surface area contributed by atoms with Crippen LogP contribution in [0.1, 0.15) is 116 Å². The number of aromatic nitrogens is 3. The van der Waals surface area contributed by atoms with E-state index in [0.717, 1.165) is 37.1 Å². The molecule has 1 aliphatic rings. The number of ether oxygens (including phenoxy) is 2. The molecule has 5 rings (SSSR count). The van der Waals surface area contributed by atoms with Gasteiger partial charge in [-0.05, 0) is 104 Å². The summed E-state index contributed by atoms with van der Waals surface area (Å²) in [5, 5.41) is 7.27. The first-order valence-corrected chi connectivity index (χ1v) is 18.1. The van der Waals surface area contributed by atoms with E-state index in [-0.39, 0.29) is 35.2 Å². The second kappa shape index (κ2) is 18.5. The summed E-state index contributed by atoms with van der Waals surface area (Å²) >= 11 is 0. The van der Waals surface area contributed by atoms with E-state index in [1.165, 1.54) is 21.9 Å². The van der Waals surface area contributed by atoms with E-state index >= 15 is 0 Å². The van der Waals surface area contributed by atoms with Gasteiger partial charge in [-0.2, -0.15) is 14.6 Å².